The molecule has 72 valence electrons. The molecule has 6 heteroatoms. The van der Waals surface area contributed by atoms with Crippen molar-refractivity contribution in [1.29, 1.82) is 0 Å². The van der Waals surface area contributed by atoms with E-state index in [4.69, 9.17) is 5.73 Å². The topological polar surface area (TPSA) is 86.7 Å². The molecule has 0 bridgehead atoms. The number of nitrogens with zero attached hydrogens (tertiary/aromatic N) is 4. The number of aromatic nitrogens is 4. The van der Waals surface area contributed by atoms with Crippen LogP contribution in [0.1, 0.15) is 0 Å². The lowest BCUT2D eigenvalue weighted by molar-refractivity contribution is 0.671. The summed E-state index contributed by atoms with van der Waals surface area (Å²) in [7, 11) is 0. The van der Waals surface area contributed by atoms with E-state index in [0.29, 0.717) is 18.7 Å². The first-order valence-corrected chi connectivity index (χ1v) is 4.19. The highest BCUT2D eigenvalue weighted by Gasteiger charge is 2.03. The molecule has 0 radical (unpaired) electrons. The van der Waals surface area contributed by atoms with Crippen LogP contribution in [0.5, 0.6) is 0 Å². The molecule has 0 saturated heterocycles. The summed E-state index contributed by atoms with van der Waals surface area (Å²) < 4.78 is 1.43. The summed E-state index contributed by atoms with van der Waals surface area (Å²) in [6.45, 7) is 0.839. The molecule has 0 aromatic carbocycles. The summed E-state index contributed by atoms with van der Waals surface area (Å²) in [6, 6.07) is 0. The molecular weight excluding hydrogens is 182 g/mol. The van der Waals surface area contributed by atoms with E-state index in [2.05, 4.69) is 15.0 Å². The van der Waals surface area contributed by atoms with Crippen LogP contribution in [-0.4, -0.2) is 26.1 Å². The van der Waals surface area contributed by atoms with Crippen LogP contribution >= 0.6 is 0 Å². The maximum Gasteiger partial charge on any atom is 0.281 e. The quantitative estimate of drug-likeness (QED) is 0.667. The van der Waals surface area contributed by atoms with Gasteiger partial charge in [-0.3, -0.25) is 9.36 Å². The van der Waals surface area contributed by atoms with Crippen LogP contribution < -0.4 is 11.3 Å². The fourth-order valence-electron chi connectivity index (χ4n) is 1.19. The van der Waals surface area contributed by atoms with Crippen molar-refractivity contribution in [3.63, 3.8) is 0 Å². The van der Waals surface area contributed by atoms with Crippen molar-refractivity contribution < 1.29 is 0 Å². The van der Waals surface area contributed by atoms with Gasteiger partial charge in [0, 0.05) is 25.5 Å². The van der Waals surface area contributed by atoms with Crippen molar-refractivity contribution in [2.75, 3.05) is 6.54 Å². The van der Waals surface area contributed by atoms with Crippen LogP contribution in [0.4, 0.5) is 0 Å². The highest BCUT2D eigenvalue weighted by molar-refractivity contribution is 5.66. The van der Waals surface area contributed by atoms with Crippen molar-refractivity contribution in [1.82, 2.24) is 19.5 Å². The van der Waals surface area contributed by atoms with Gasteiger partial charge in [0.25, 0.3) is 5.56 Å². The lowest BCUT2D eigenvalue weighted by Crippen LogP contribution is -2.25. The SMILES string of the molecule is NCCn1cnc2nccnc2c1=O. The second-order valence-electron chi connectivity index (χ2n) is 2.76. The van der Waals surface area contributed by atoms with Crippen LogP contribution in [0.3, 0.4) is 0 Å². The number of nitrogens with two attached hydrogens (primary N) is 1. The Kier molecular flexibility index (Phi) is 2.19. The number of hydrogen-bond acceptors (Lipinski definition) is 5. The predicted octanol–water partition coefficient (Wildman–Crippen LogP) is -0.855. The molecule has 0 unspecified atom stereocenters. The van der Waals surface area contributed by atoms with Gasteiger partial charge in [-0.15, -0.1) is 0 Å². The van der Waals surface area contributed by atoms with Gasteiger partial charge in [-0.1, -0.05) is 0 Å². The van der Waals surface area contributed by atoms with E-state index >= 15 is 0 Å². The zero-order valence-electron chi connectivity index (χ0n) is 7.42. The molecule has 2 N–H and O–H groups in total. The van der Waals surface area contributed by atoms with Crippen molar-refractivity contribution in [2.24, 2.45) is 5.73 Å². The third-order valence-electron chi connectivity index (χ3n) is 1.83. The fraction of sp³-hybridized carbons (Fsp3) is 0.250. The third-order valence-corrected chi connectivity index (χ3v) is 1.83. The van der Waals surface area contributed by atoms with Crippen LogP contribution in [0.25, 0.3) is 11.2 Å². The lowest BCUT2D eigenvalue weighted by atomic mass is 10.5. The minimum Gasteiger partial charge on any atom is -0.329 e. The Hall–Kier alpha value is -1.82. The van der Waals surface area contributed by atoms with Gasteiger partial charge in [-0.2, -0.15) is 0 Å². The smallest absolute Gasteiger partial charge is 0.281 e. The molecule has 0 spiro atoms. The molecule has 2 aromatic heterocycles. The summed E-state index contributed by atoms with van der Waals surface area (Å²) in [5.41, 5.74) is 5.80. The summed E-state index contributed by atoms with van der Waals surface area (Å²) in [5, 5.41) is 0. The Bertz CT molecular complexity index is 506. The van der Waals surface area contributed by atoms with E-state index in [1.807, 2.05) is 0 Å². The molecule has 2 aromatic rings. The Balaban J connectivity index is 2.69. The van der Waals surface area contributed by atoms with Gasteiger partial charge in [0.15, 0.2) is 11.2 Å². The summed E-state index contributed by atoms with van der Waals surface area (Å²) >= 11 is 0. The van der Waals surface area contributed by atoms with E-state index in [0.717, 1.165) is 0 Å². The van der Waals surface area contributed by atoms with Crippen LogP contribution in [-0.2, 0) is 6.54 Å². The van der Waals surface area contributed by atoms with Crippen molar-refractivity contribution in [2.45, 2.75) is 6.54 Å². The first-order chi connectivity index (χ1) is 6.83. The summed E-state index contributed by atoms with van der Waals surface area (Å²) in [4.78, 5) is 23.5. The van der Waals surface area contributed by atoms with E-state index in [1.54, 1.807) is 0 Å². The Morgan fingerprint density at radius 3 is 2.86 bits per heavy atom. The van der Waals surface area contributed by atoms with E-state index in [1.165, 1.54) is 23.3 Å². The zero-order chi connectivity index (χ0) is 9.97. The average Bonchev–Trinajstić information content (AvgIpc) is 2.23. The lowest BCUT2D eigenvalue weighted by Gasteiger charge is -2.02. The molecule has 0 aliphatic heterocycles. The standard InChI is InChI=1S/C8H9N5O/c9-1-4-13-5-12-7-6(8(13)14)10-2-3-11-7/h2-3,5H,1,4,9H2. The van der Waals surface area contributed by atoms with Crippen LogP contribution in [0.15, 0.2) is 23.5 Å². The molecule has 6 nitrogen and oxygen atoms in total. The normalized spacial score (nSPS) is 10.6. The summed E-state index contributed by atoms with van der Waals surface area (Å²) in [5.74, 6) is 0. The molecule has 0 aliphatic carbocycles. The fourth-order valence-corrected chi connectivity index (χ4v) is 1.19. The molecule has 0 saturated carbocycles. The Morgan fingerprint density at radius 1 is 1.29 bits per heavy atom. The van der Waals surface area contributed by atoms with E-state index < -0.39 is 0 Å². The van der Waals surface area contributed by atoms with Crippen molar-refractivity contribution >= 4 is 11.2 Å². The van der Waals surface area contributed by atoms with Crippen LogP contribution in [0.2, 0.25) is 0 Å². The van der Waals surface area contributed by atoms with Crippen LogP contribution in [0, 0.1) is 0 Å². The van der Waals surface area contributed by atoms with E-state index in [9.17, 15) is 4.79 Å². The van der Waals surface area contributed by atoms with Crippen molar-refractivity contribution in [3.8, 4) is 0 Å². The molecule has 2 rings (SSSR count). The second-order valence-corrected chi connectivity index (χ2v) is 2.76. The first kappa shape index (κ1) is 8.76. The molecule has 0 amide bonds. The highest BCUT2D eigenvalue weighted by Crippen LogP contribution is 1.96. The van der Waals surface area contributed by atoms with Gasteiger partial charge in [-0.25, -0.2) is 15.0 Å². The second kappa shape index (κ2) is 3.51. The van der Waals surface area contributed by atoms with Gasteiger partial charge < -0.3 is 5.73 Å². The Morgan fingerprint density at radius 2 is 2.07 bits per heavy atom. The minimum atomic E-state index is -0.200. The van der Waals surface area contributed by atoms with Gasteiger partial charge in [0.1, 0.15) is 6.33 Å². The number of rotatable bonds is 2. The monoisotopic (exact) mass is 191 g/mol. The largest absolute Gasteiger partial charge is 0.329 e. The first-order valence-electron chi connectivity index (χ1n) is 4.19. The molecule has 0 fully saturated rings. The third kappa shape index (κ3) is 1.35. The maximum atomic E-state index is 11.7. The summed E-state index contributed by atoms with van der Waals surface area (Å²) in [6.07, 6.45) is 4.41. The van der Waals surface area contributed by atoms with E-state index in [-0.39, 0.29) is 11.1 Å². The highest BCUT2D eigenvalue weighted by atomic mass is 16.1. The zero-order valence-corrected chi connectivity index (χ0v) is 7.42. The Labute approximate surface area is 79.4 Å². The van der Waals surface area contributed by atoms with Gasteiger partial charge in [-0.05, 0) is 0 Å². The molecular formula is C8H9N5O. The maximum absolute atomic E-state index is 11.7. The molecule has 0 atom stereocenters. The van der Waals surface area contributed by atoms with Gasteiger partial charge in [0.2, 0.25) is 0 Å². The average molecular weight is 191 g/mol. The van der Waals surface area contributed by atoms with Crippen molar-refractivity contribution in [3.05, 3.63) is 29.1 Å². The number of fused-ring (bicyclic) bond motifs is 1. The van der Waals surface area contributed by atoms with Gasteiger partial charge in [0.05, 0.1) is 0 Å². The molecule has 0 aliphatic rings. The van der Waals surface area contributed by atoms with Gasteiger partial charge >= 0.3 is 0 Å². The minimum absolute atomic E-state index is 0.200. The number of hydrogen-bond donors (Lipinski definition) is 1. The molecule has 14 heavy (non-hydrogen) atoms. The molecule has 2 heterocycles. The predicted molar refractivity (Wildman–Crippen MR) is 50.6 cm³/mol.